The van der Waals surface area contributed by atoms with E-state index in [1.165, 1.54) is 0 Å². The number of benzene rings is 2. The summed E-state index contributed by atoms with van der Waals surface area (Å²) in [7, 11) is 0. The molecule has 7 heteroatoms. The molecule has 0 bridgehead atoms. The van der Waals surface area contributed by atoms with Gasteiger partial charge in [0.1, 0.15) is 5.75 Å². The topological polar surface area (TPSA) is 68.5 Å². The molecule has 2 aromatic carbocycles. The van der Waals surface area contributed by atoms with Crippen LogP contribution in [0, 0.1) is 13.8 Å². The first-order valence-electron chi connectivity index (χ1n) is 9.57. The molecule has 0 saturated heterocycles. The molecule has 1 saturated carbocycles. The first-order valence-corrected chi connectivity index (χ1v) is 9.95. The molecule has 1 aromatic heterocycles. The highest BCUT2D eigenvalue weighted by atomic mass is 35.5. The van der Waals surface area contributed by atoms with Crippen molar-refractivity contribution in [3.63, 3.8) is 0 Å². The Morgan fingerprint density at radius 3 is 2.59 bits per heavy atom. The number of hydrogen-bond donors (Lipinski definition) is 0. The van der Waals surface area contributed by atoms with Gasteiger partial charge >= 0.3 is 0 Å². The molecule has 1 amide bonds. The third-order valence-electron chi connectivity index (χ3n) is 4.74. The van der Waals surface area contributed by atoms with Crippen molar-refractivity contribution in [3.8, 4) is 17.2 Å². The van der Waals surface area contributed by atoms with Crippen LogP contribution in [0.2, 0.25) is 5.02 Å². The van der Waals surface area contributed by atoms with Gasteiger partial charge in [-0.15, -0.1) is 10.2 Å². The first-order chi connectivity index (χ1) is 14.0. The van der Waals surface area contributed by atoms with E-state index in [9.17, 15) is 4.79 Å². The number of halogens is 1. The third kappa shape index (κ3) is 4.77. The number of aromatic nitrogens is 2. The van der Waals surface area contributed by atoms with Gasteiger partial charge in [0, 0.05) is 6.04 Å². The van der Waals surface area contributed by atoms with Crippen molar-refractivity contribution in [1.82, 2.24) is 15.1 Å². The van der Waals surface area contributed by atoms with Gasteiger partial charge in [-0.1, -0.05) is 29.8 Å². The van der Waals surface area contributed by atoms with Gasteiger partial charge in [-0.05, 0) is 62.1 Å². The van der Waals surface area contributed by atoms with Crippen LogP contribution in [0.4, 0.5) is 0 Å². The minimum Gasteiger partial charge on any atom is -0.484 e. The van der Waals surface area contributed by atoms with E-state index in [4.69, 9.17) is 20.8 Å². The summed E-state index contributed by atoms with van der Waals surface area (Å²) < 4.78 is 11.5. The van der Waals surface area contributed by atoms with Crippen LogP contribution in [0.15, 0.2) is 46.9 Å². The van der Waals surface area contributed by atoms with Crippen LogP contribution >= 0.6 is 11.6 Å². The fraction of sp³-hybridized carbons (Fsp3) is 0.318. The second-order valence-corrected chi connectivity index (χ2v) is 7.75. The van der Waals surface area contributed by atoms with Crippen LogP contribution in [-0.2, 0) is 11.3 Å². The summed E-state index contributed by atoms with van der Waals surface area (Å²) in [6, 6.07) is 13.4. The molecule has 1 fully saturated rings. The van der Waals surface area contributed by atoms with Crippen LogP contribution < -0.4 is 4.74 Å². The van der Waals surface area contributed by atoms with E-state index in [1.54, 1.807) is 11.0 Å². The molecule has 0 spiro atoms. The van der Waals surface area contributed by atoms with E-state index < -0.39 is 0 Å². The number of rotatable bonds is 7. The average Bonchev–Trinajstić information content (AvgIpc) is 3.42. The molecule has 1 heterocycles. The minimum absolute atomic E-state index is 0.0229. The Balaban J connectivity index is 1.43. The Labute approximate surface area is 174 Å². The molecule has 0 aliphatic heterocycles. The van der Waals surface area contributed by atoms with Crippen molar-refractivity contribution in [2.75, 3.05) is 6.61 Å². The number of amides is 1. The highest BCUT2D eigenvalue weighted by Crippen LogP contribution is 2.30. The maximum Gasteiger partial charge on any atom is 0.261 e. The Morgan fingerprint density at radius 1 is 1.17 bits per heavy atom. The number of nitrogens with zero attached hydrogens (tertiary/aromatic N) is 3. The van der Waals surface area contributed by atoms with Gasteiger partial charge in [-0.2, -0.15) is 0 Å². The predicted molar refractivity (Wildman–Crippen MR) is 110 cm³/mol. The van der Waals surface area contributed by atoms with Crippen molar-refractivity contribution in [3.05, 3.63) is 64.5 Å². The molecule has 29 heavy (non-hydrogen) atoms. The van der Waals surface area contributed by atoms with E-state index in [1.807, 2.05) is 44.2 Å². The summed E-state index contributed by atoms with van der Waals surface area (Å²) >= 11 is 6.20. The van der Waals surface area contributed by atoms with E-state index in [-0.39, 0.29) is 25.1 Å². The predicted octanol–water partition coefficient (Wildman–Crippen LogP) is 4.58. The highest BCUT2D eigenvalue weighted by molar-refractivity contribution is 6.33. The molecule has 6 nitrogen and oxygen atoms in total. The molecular weight excluding hydrogens is 390 g/mol. The summed E-state index contributed by atoms with van der Waals surface area (Å²) in [4.78, 5) is 14.5. The Kier molecular flexibility index (Phi) is 5.53. The normalized spacial score (nSPS) is 13.3. The van der Waals surface area contributed by atoms with Crippen LogP contribution in [0.5, 0.6) is 5.75 Å². The molecule has 150 valence electrons. The zero-order valence-electron chi connectivity index (χ0n) is 16.4. The summed E-state index contributed by atoms with van der Waals surface area (Å²) in [5.41, 5.74) is 2.88. The zero-order chi connectivity index (χ0) is 20.4. The summed E-state index contributed by atoms with van der Waals surface area (Å²) in [6.07, 6.45) is 1.95. The van der Waals surface area contributed by atoms with Crippen molar-refractivity contribution in [1.29, 1.82) is 0 Å². The second kappa shape index (κ2) is 8.25. The number of carbonyl (C=O) groups excluding carboxylic acids is 1. The smallest absolute Gasteiger partial charge is 0.261 e. The fourth-order valence-corrected chi connectivity index (χ4v) is 3.47. The third-order valence-corrected chi connectivity index (χ3v) is 5.07. The van der Waals surface area contributed by atoms with Gasteiger partial charge in [0.25, 0.3) is 5.91 Å². The molecular formula is C22H22ClN3O3. The van der Waals surface area contributed by atoms with Gasteiger partial charge in [0.15, 0.2) is 6.61 Å². The lowest BCUT2D eigenvalue weighted by Crippen LogP contribution is -2.36. The van der Waals surface area contributed by atoms with Crippen LogP contribution in [-0.4, -0.2) is 33.7 Å². The quantitative estimate of drug-likeness (QED) is 0.569. The average molecular weight is 412 g/mol. The zero-order valence-corrected chi connectivity index (χ0v) is 17.1. The summed E-state index contributed by atoms with van der Waals surface area (Å²) in [6.45, 7) is 4.25. The molecule has 0 radical (unpaired) electrons. The van der Waals surface area contributed by atoms with Gasteiger partial charge < -0.3 is 14.1 Å². The van der Waals surface area contributed by atoms with Gasteiger partial charge in [0.05, 0.1) is 17.1 Å². The largest absolute Gasteiger partial charge is 0.484 e. The second-order valence-electron chi connectivity index (χ2n) is 7.35. The lowest BCUT2D eigenvalue weighted by atomic mass is 10.1. The highest BCUT2D eigenvalue weighted by Gasteiger charge is 2.34. The summed E-state index contributed by atoms with van der Waals surface area (Å²) in [5.74, 6) is 1.33. The Hall–Kier alpha value is -2.86. The number of hydrogen-bond acceptors (Lipinski definition) is 5. The van der Waals surface area contributed by atoms with Crippen molar-refractivity contribution in [2.45, 2.75) is 39.3 Å². The molecule has 0 atom stereocenters. The molecule has 1 aliphatic rings. The van der Waals surface area contributed by atoms with E-state index in [0.717, 1.165) is 24.0 Å². The Morgan fingerprint density at radius 2 is 1.90 bits per heavy atom. The van der Waals surface area contributed by atoms with Crippen molar-refractivity contribution < 1.29 is 13.9 Å². The lowest BCUT2D eigenvalue weighted by Gasteiger charge is -2.20. The SMILES string of the molecule is Cc1cc(C)cc(OCC(=O)N(Cc2nnc(-c3ccccc3Cl)o2)C2CC2)c1. The maximum atomic E-state index is 12.8. The number of carbonyl (C=O) groups is 1. The molecule has 4 rings (SSSR count). The molecule has 0 unspecified atom stereocenters. The van der Waals surface area contributed by atoms with Crippen LogP contribution in [0.1, 0.15) is 29.9 Å². The minimum atomic E-state index is -0.0934. The van der Waals surface area contributed by atoms with Crippen LogP contribution in [0.25, 0.3) is 11.5 Å². The van der Waals surface area contributed by atoms with Crippen molar-refractivity contribution in [2.24, 2.45) is 0 Å². The Bertz CT molecular complexity index is 1010. The van der Waals surface area contributed by atoms with Crippen LogP contribution in [0.3, 0.4) is 0 Å². The lowest BCUT2D eigenvalue weighted by molar-refractivity contribution is -0.134. The van der Waals surface area contributed by atoms with Gasteiger partial charge in [0.2, 0.25) is 11.8 Å². The van der Waals surface area contributed by atoms with Crippen molar-refractivity contribution >= 4 is 17.5 Å². The summed E-state index contributed by atoms with van der Waals surface area (Å²) in [5, 5.41) is 8.72. The number of aryl methyl sites for hydroxylation is 2. The van der Waals surface area contributed by atoms with E-state index in [2.05, 4.69) is 16.3 Å². The molecule has 1 aliphatic carbocycles. The molecule has 0 N–H and O–H groups in total. The number of ether oxygens (including phenoxy) is 1. The maximum absolute atomic E-state index is 12.8. The van der Waals surface area contributed by atoms with E-state index >= 15 is 0 Å². The van der Waals surface area contributed by atoms with Gasteiger partial charge in [-0.3, -0.25) is 4.79 Å². The van der Waals surface area contributed by atoms with E-state index in [0.29, 0.717) is 28.1 Å². The fourth-order valence-electron chi connectivity index (χ4n) is 3.26. The first kappa shape index (κ1) is 19.5. The molecule has 3 aromatic rings. The van der Waals surface area contributed by atoms with Gasteiger partial charge in [-0.25, -0.2) is 0 Å². The standard InChI is InChI=1S/C22H22ClN3O3/c1-14-9-15(2)11-17(10-14)28-13-21(27)26(16-7-8-16)12-20-24-25-22(29-20)18-5-3-4-6-19(18)23/h3-6,9-11,16H,7-8,12-13H2,1-2H3. The monoisotopic (exact) mass is 411 g/mol.